The maximum atomic E-state index is 12.2. The number of nitro benzene ring substituents is 1. The lowest BCUT2D eigenvalue weighted by Crippen LogP contribution is -2.45. The summed E-state index contributed by atoms with van der Waals surface area (Å²) in [7, 11) is 2.61. The van der Waals surface area contributed by atoms with Crippen LogP contribution in [0.4, 0.5) is 11.4 Å². The van der Waals surface area contributed by atoms with Gasteiger partial charge >= 0.3 is 11.7 Å². The number of esters is 1. The maximum Gasteiger partial charge on any atom is 0.323 e. The SMILES string of the molecule is CC[C@@H](C)[C@H](NCC(=O)Nc1cc(OC)c([N+](=O)[O-])cc1C)C(=O)OC. The molecule has 1 aromatic carbocycles. The van der Waals surface area contributed by atoms with Crippen LogP contribution in [0.15, 0.2) is 12.1 Å². The quantitative estimate of drug-likeness (QED) is 0.389. The highest BCUT2D eigenvalue weighted by Crippen LogP contribution is 2.32. The first kappa shape index (κ1) is 21.4. The van der Waals surface area contributed by atoms with Gasteiger partial charge in [0.25, 0.3) is 0 Å². The van der Waals surface area contributed by atoms with E-state index in [-0.39, 0.29) is 29.8 Å². The number of rotatable bonds is 9. The third kappa shape index (κ3) is 5.41. The highest BCUT2D eigenvalue weighted by molar-refractivity contribution is 5.94. The number of ether oxygens (including phenoxy) is 2. The van der Waals surface area contributed by atoms with E-state index in [2.05, 4.69) is 10.6 Å². The van der Waals surface area contributed by atoms with Gasteiger partial charge in [-0.25, -0.2) is 0 Å². The van der Waals surface area contributed by atoms with Gasteiger partial charge in [0.05, 0.1) is 25.7 Å². The van der Waals surface area contributed by atoms with Crippen molar-refractivity contribution in [1.29, 1.82) is 0 Å². The molecule has 2 N–H and O–H groups in total. The van der Waals surface area contributed by atoms with Gasteiger partial charge in [-0.1, -0.05) is 20.3 Å². The van der Waals surface area contributed by atoms with Gasteiger partial charge in [-0.05, 0) is 18.4 Å². The van der Waals surface area contributed by atoms with Crippen molar-refractivity contribution >= 4 is 23.3 Å². The summed E-state index contributed by atoms with van der Waals surface area (Å²) >= 11 is 0. The molecular formula is C17H25N3O6. The molecule has 1 amide bonds. The molecule has 0 aliphatic heterocycles. The zero-order chi connectivity index (χ0) is 19.9. The molecule has 1 aromatic rings. The summed E-state index contributed by atoms with van der Waals surface area (Å²) in [6.07, 6.45) is 0.743. The molecule has 0 saturated heterocycles. The highest BCUT2D eigenvalue weighted by Gasteiger charge is 2.25. The second kappa shape index (κ2) is 9.71. The van der Waals surface area contributed by atoms with E-state index in [1.54, 1.807) is 6.92 Å². The molecule has 0 bridgehead atoms. The first-order chi connectivity index (χ1) is 12.2. The summed E-state index contributed by atoms with van der Waals surface area (Å²) in [5.41, 5.74) is 0.748. The summed E-state index contributed by atoms with van der Waals surface area (Å²) in [4.78, 5) is 34.5. The molecule has 1 rings (SSSR count). The van der Waals surface area contributed by atoms with Crippen molar-refractivity contribution in [3.05, 3.63) is 27.8 Å². The van der Waals surface area contributed by atoms with E-state index in [0.29, 0.717) is 11.3 Å². The fourth-order valence-corrected chi connectivity index (χ4v) is 2.39. The fourth-order valence-electron chi connectivity index (χ4n) is 2.39. The van der Waals surface area contributed by atoms with E-state index in [4.69, 9.17) is 9.47 Å². The summed E-state index contributed by atoms with van der Waals surface area (Å²) in [5, 5.41) is 16.6. The standard InChI is InChI=1S/C17H25N3O6/c1-6-10(2)16(17(22)26-5)18-9-15(21)19-12-8-14(25-4)13(20(23)24)7-11(12)3/h7-8,10,16,18H,6,9H2,1-5H3,(H,19,21)/t10-,16+/m1/s1. The van der Waals surface area contributed by atoms with E-state index < -0.39 is 16.9 Å². The molecule has 144 valence electrons. The molecule has 0 radical (unpaired) electrons. The van der Waals surface area contributed by atoms with Crippen molar-refractivity contribution in [2.45, 2.75) is 33.2 Å². The third-order valence-electron chi connectivity index (χ3n) is 4.15. The Bertz CT molecular complexity index is 677. The number of anilines is 1. The predicted molar refractivity (Wildman–Crippen MR) is 96.3 cm³/mol. The van der Waals surface area contributed by atoms with Crippen molar-refractivity contribution in [1.82, 2.24) is 5.32 Å². The zero-order valence-electron chi connectivity index (χ0n) is 15.6. The van der Waals surface area contributed by atoms with Gasteiger partial charge in [0.1, 0.15) is 6.04 Å². The van der Waals surface area contributed by atoms with Gasteiger partial charge in [-0.2, -0.15) is 0 Å². The van der Waals surface area contributed by atoms with Crippen LogP contribution >= 0.6 is 0 Å². The molecule has 9 heteroatoms. The molecule has 0 unspecified atom stereocenters. The van der Waals surface area contributed by atoms with Crippen LogP contribution in [0.25, 0.3) is 0 Å². The molecule has 2 atom stereocenters. The number of amides is 1. The van der Waals surface area contributed by atoms with Gasteiger partial charge in [0.15, 0.2) is 5.75 Å². The van der Waals surface area contributed by atoms with Crippen molar-refractivity contribution in [2.75, 3.05) is 26.1 Å². The Kier molecular flexibility index (Phi) is 7.98. The number of hydrogen-bond acceptors (Lipinski definition) is 7. The number of nitrogens with one attached hydrogen (secondary N) is 2. The summed E-state index contributed by atoms with van der Waals surface area (Å²) < 4.78 is 9.76. The Morgan fingerprint density at radius 2 is 1.96 bits per heavy atom. The number of nitro groups is 1. The summed E-state index contributed by atoms with van der Waals surface area (Å²) in [6.45, 7) is 5.36. The topological polar surface area (TPSA) is 120 Å². The lowest BCUT2D eigenvalue weighted by atomic mass is 9.99. The van der Waals surface area contributed by atoms with E-state index >= 15 is 0 Å². The lowest BCUT2D eigenvalue weighted by Gasteiger charge is -2.21. The zero-order valence-corrected chi connectivity index (χ0v) is 15.6. The Morgan fingerprint density at radius 3 is 2.46 bits per heavy atom. The first-order valence-corrected chi connectivity index (χ1v) is 8.19. The largest absolute Gasteiger partial charge is 0.490 e. The molecule has 26 heavy (non-hydrogen) atoms. The minimum Gasteiger partial charge on any atom is -0.490 e. The number of carbonyl (C=O) groups is 2. The molecule has 0 aliphatic rings. The Hall–Kier alpha value is -2.68. The number of nitrogens with zero attached hydrogens (tertiary/aromatic N) is 1. The molecule has 0 saturated carbocycles. The first-order valence-electron chi connectivity index (χ1n) is 8.19. The second-order valence-corrected chi connectivity index (χ2v) is 5.91. The van der Waals surface area contributed by atoms with Crippen molar-refractivity contribution in [3.8, 4) is 5.75 Å². The third-order valence-corrected chi connectivity index (χ3v) is 4.15. The average Bonchev–Trinajstić information content (AvgIpc) is 2.62. The molecule has 0 fully saturated rings. The van der Waals surface area contributed by atoms with E-state index in [9.17, 15) is 19.7 Å². The van der Waals surface area contributed by atoms with Crippen molar-refractivity contribution in [3.63, 3.8) is 0 Å². The van der Waals surface area contributed by atoms with Crippen LogP contribution in [-0.4, -0.2) is 43.6 Å². The summed E-state index contributed by atoms with van der Waals surface area (Å²) in [5.74, 6) is -0.770. The van der Waals surface area contributed by atoms with Gasteiger partial charge in [0.2, 0.25) is 5.91 Å². The van der Waals surface area contributed by atoms with Crippen molar-refractivity contribution < 1.29 is 24.0 Å². The van der Waals surface area contributed by atoms with Crippen LogP contribution in [0.1, 0.15) is 25.8 Å². The van der Waals surface area contributed by atoms with Crippen LogP contribution in [0.5, 0.6) is 5.75 Å². The molecule has 0 heterocycles. The van der Waals surface area contributed by atoms with Gasteiger partial charge < -0.3 is 14.8 Å². The molecule has 0 spiro atoms. The van der Waals surface area contributed by atoms with Crippen LogP contribution in [0.3, 0.4) is 0 Å². The van der Waals surface area contributed by atoms with E-state index in [0.717, 1.165) is 6.42 Å². The summed E-state index contributed by atoms with van der Waals surface area (Å²) in [6, 6.07) is 2.14. The number of benzene rings is 1. The van der Waals surface area contributed by atoms with E-state index in [1.807, 2.05) is 13.8 Å². The predicted octanol–water partition coefficient (Wildman–Crippen LogP) is 2.03. The van der Waals surface area contributed by atoms with Gasteiger partial charge in [0, 0.05) is 17.8 Å². The number of aryl methyl sites for hydroxylation is 1. The molecule has 0 aliphatic carbocycles. The monoisotopic (exact) mass is 367 g/mol. The van der Waals surface area contributed by atoms with Crippen molar-refractivity contribution in [2.24, 2.45) is 5.92 Å². The number of carbonyl (C=O) groups excluding carboxylic acids is 2. The molecular weight excluding hydrogens is 342 g/mol. The normalized spacial score (nSPS) is 12.8. The Balaban J connectivity index is 2.84. The van der Waals surface area contributed by atoms with Crippen LogP contribution in [0.2, 0.25) is 0 Å². The van der Waals surface area contributed by atoms with Crippen LogP contribution in [0, 0.1) is 23.0 Å². The van der Waals surface area contributed by atoms with Gasteiger partial charge in [-0.15, -0.1) is 0 Å². The molecule has 9 nitrogen and oxygen atoms in total. The Morgan fingerprint density at radius 1 is 1.31 bits per heavy atom. The van der Waals surface area contributed by atoms with Gasteiger partial charge in [-0.3, -0.25) is 25.0 Å². The highest BCUT2D eigenvalue weighted by atomic mass is 16.6. The lowest BCUT2D eigenvalue weighted by molar-refractivity contribution is -0.385. The second-order valence-electron chi connectivity index (χ2n) is 5.91. The maximum absolute atomic E-state index is 12.2. The van der Waals surface area contributed by atoms with E-state index in [1.165, 1.54) is 26.4 Å². The smallest absolute Gasteiger partial charge is 0.323 e. The Labute approximate surface area is 152 Å². The minimum absolute atomic E-state index is 0.00328. The molecule has 0 aromatic heterocycles. The number of methoxy groups -OCH3 is 2. The fraction of sp³-hybridized carbons (Fsp3) is 0.529. The minimum atomic E-state index is -0.594. The van der Waals surface area contributed by atoms with Crippen LogP contribution < -0.4 is 15.4 Å². The number of hydrogen-bond donors (Lipinski definition) is 2. The van der Waals surface area contributed by atoms with Crippen LogP contribution in [-0.2, 0) is 14.3 Å². The average molecular weight is 367 g/mol.